The highest BCUT2D eigenvalue weighted by molar-refractivity contribution is 5.95. The molecule has 1 aliphatic rings. The van der Waals surface area contributed by atoms with Crippen LogP contribution in [0.2, 0.25) is 0 Å². The molecule has 2 N–H and O–H groups in total. The van der Waals surface area contributed by atoms with Crippen molar-refractivity contribution >= 4 is 23.4 Å². The smallest absolute Gasteiger partial charge is 0.239 e. The second-order valence-electron chi connectivity index (χ2n) is 5.22. The lowest BCUT2D eigenvalue weighted by Crippen LogP contribution is -2.37. The molecule has 0 atom stereocenters. The Labute approximate surface area is 129 Å². The van der Waals surface area contributed by atoms with Crippen LogP contribution in [-0.2, 0) is 20.8 Å². The van der Waals surface area contributed by atoms with Crippen molar-refractivity contribution in [1.29, 1.82) is 0 Å². The molecule has 0 bridgehead atoms. The number of nitrogens with one attached hydrogen (secondary N) is 2. The van der Waals surface area contributed by atoms with Gasteiger partial charge in [-0.15, -0.1) is 0 Å². The quantitative estimate of drug-likeness (QED) is 0.808. The van der Waals surface area contributed by atoms with Crippen LogP contribution in [0.4, 0.5) is 5.69 Å². The molecule has 1 aromatic carbocycles. The zero-order valence-corrected chi connectivity index (χ0v) is 12.7. The molecule has 3 amide bonds. The number of hydrogen-bond donors (Lipinski definition) is 2. The number of hydrogen-bond acceptors (Lipinski definition) is 3. The van der Waals surface area contributed by atoms with Crippen molar-refractivity contribution in [1.82, 2.24) is 10.6 Å². The Kier molecular flexibility index (Phi) is 5.52. The first-order chi connectivity index (χ1) is 10.6. The van der Waals surface area contributed by atoms with Gasteiger partial charge in [-0.2, -0.15) is 0 Å². The highest BCUT2D eigenvalue weighted by atomic mass is 16.2. The number of anilines is 1. The van der Waals surface area contributed by atoms with Crippen LogP contribution in [0.3, 0.4) is 0 Å². The van der Waals surface area contributed by atoms with Crippen molar-refractivity contribution < 1.29 is 14.4 Å². The number of benzene rings is 1. The summed E-state index contributed by atoms with van der Waals surface area (Å²) in [5.41, 5.74) is 1.72. The minimum atomic E-state index is -0.198. The van der Waals surface area contributed by atoms with Crippen molar-refractivity contribution in [2.75, 3.05) is 24.5 Å². The monoisotopic (exact) mass is 303 g/mol. The molecule has 1 saturated heterocycles. The van der Waals surface area contributed by atoms with Crippen LogP contribution >= 0.6 is 0 Å². The Morgan fingerprint density at radius 3 is 2.45 bits per heavy atom. The van der Waals surface area contributed by atoms with Crippen LogP contribution in [0.25, 0.3) is 0 Å². The van der Waals surface area contributed by atoms with Crippen LogP contribution in [0.5, 0.6) is 0 Å². The van der Waals surface area contributed by atoms with E-state index in [9.17, 15) is 14.4 Å². The number of amides is 3. The third-order valence-corrected chi connectivity index (χ3v) is 3.51. The van der Waals surface area contributed by atoms with E-state index in [1.807, 2.05) is 31.2 Å². The van der Waals surface area contributed by atoms with Gasteiger partial charge < -0.3 is 15.5 Å². The first-order valence-electron chi connectivity index (χ1n) is 7.53. The van der Waals surface area contributed by atoms with Crippen LogP contribution in [0, 0.1) is 0 Å². The Morgan fingerprint density at radius 1 is 1.14 bits per heavy atom. The first-order valence-corrected chi connectivity index (χ1v) is 7.53. The number of carbonyl (C=O) groups excluding carboxylic acids is 3. The molecule has 0 saturated carbocycles. The van der Waals surface area contributed by atoms with Crippen LogP contribution in [-0.4, -0.2) is 37.4 Å². The van der Waals surface area contributed by atoms with Gasteiger partial charge in [-0.25, -0.2) is 0 Å². The van der Waals surface area contributed by atoms with Gasteiger partial charge >= 0.3 is 0 Å². The van der Waals surface area contributed by atoms with Crippen LogP contribution in [0.15, 0.2) is 24.3 Å². The lowest BCUT2D eigenvalue weighted by Gasteiger charge is -2.15. The number of likely N-dealkylation sites (N-methyl/N-ethyl adjacent to an activating group) is 1. The molecular weight excluding hydrogens is 282 g/mol. The summed E-state index contributed by atoms with van der Waals surface area (Å²) >= 11 is 0. The Morgan fingerprint density at radius 2 is 1.86 bits per heavy atom. The average molecular weight is 303 g/mol. The average Bonchev–Trinajstić information content (AvgIpc) is 2.92. The lowest BCUT2D eigenvalue weighted by molar-refractivity contribution is -0.125. The lowest BCUT2D eigenvalue weighted by atomic mass is 10.1. The molecule has 1 aliphatic heterocycles. The highest BCUT2D eigenvalue weighted by Crippen LogP contribution is 2.21. The van der Waals surface area contributed by atoms with E-state index in [1.165, 1.54) is 0 Å². The van der Waals surface area contributed by atoms with Gasteiger partial charge in [0.05, 0.1) is 13.0 Å². The van der Waals surface area contributed by atoms with Crippen LogP contribution < -0.4 is 15.5 Å². The minimum Gasteiger partial charge on any atom is -0.355 e. The van der Waals surface area contributed by atoms with E-state index < -0.39 is 0 Å². The summed E-state index contributed by atoms with van der Waals surface area (Å²) in [6, 6.07) is 7.39. The van der Waals surface area contributed by atoms with E-state index in [2.05, 4.69) is 10.6 Å². The molecule has 118 valence electrons. The molecule has 1 aromatic rings. The summed E-state index contributed by atoms with van der Waals surface area (Å²) < 4.78 is 0. The van der Waals surface area contributed by atoms with E-state index in [0.29, 0.717) is 13.0 Å². The third kappa shape index (κ3) is 4.31. The van der Waals surface area contributed by atoms with E-state index >= 15 is 0 Å². The Bertz CT molecular complexity index is 554. The van der Waals surface area contributed by atoms with Gasteiger partial charge in [0.2, 0.25) is 17.7 Å². The summed E-state index contributed by atoms with van der Waals surface area (Å²) in [6.07, 6.45) is 1.71. The number of rotatable bonds is 6. The molecule has 0 radical (unpaired) electrons. The van der Waals surface area contributed by atoms with E-state index in [4.69, 9.17) is 0 Å². The maximum atomic E-state index is 11.8. The van der Waals surface area contributed by atoms with Crippen LogP contribution in [0.1, 0.15) is 25.3 Å². The number of carbonyl (C=O) groups is 3. The zero-order valence-electron chi connectivity index (χ0n) is 12.7. The molecule has 22 heavy (non-hydrogen) atoms. The van der Waals surface area contributed by atoms with E-state index in [1.54, 1.807) is 4.90 Å². The van der Waals surface area contributed by atoms with Gasteiger partial charge in [-0.3, -0.25) is 14.4 Å². The zero-order chi connectivity index (χ0) is 15.9. The standard InChI is InChI=1S/C16H21N3O3/c1-2-17-15(21)11-18-14(20)10-12-5-7-13(8-6-12)19-9-3-4-16(19)22/h5-8H,2-4,9-11H2,1H3,(H,17,21)(H,18,20). The van der Waals surface area contributed by atoms with Gasteiger partial charge in [0.15, 0.2) is 0 Å². The van der Waals surface area contributed by atoms with Crippen molar-refractivity contribution in [2.24, 2.45) is 0 Å². The fraction of sp³-hybridized carbons (Fsp3) is 0.438. The molecule has 0 aromatic heterocycles. The molecule has 1 fully saturated rings. The molecule has 0 aliphatic carbocycles. The van der Waals surface area contributed by atoms with Gasteiger partial charge in [0, 0.05) is 25.2 Å². The van der Waals surface area contributed by atoms with E-state index in [0.717, 1.165) is 24.2 Å². The normalized spacial score (nSPS) is 14.0. The SMILES string of the molecule is CCNC(=O)CNC(=O)Cc1ccc(N2CCCC2=O)cc1. The second kappa shape index (κ2) is 7.59. The van der Waals surface area contributed by atoms with Gasteiger partial charge in [0.25, 0.3) is 0 Å². The largest absolute Gasteiger partial charge is 0.355 e. The Hall–Kier alpha value is -2.37. The van der Waals surface area contributed by atoms with Crippen molar-refractivity contribution in [3.8, 4) is 0 Å². The fourth-order valence-electron chi connectivity index (χ4n) is 2.40. The van der Waals surface area contributed by atoms with E-state index in [-0.39, 0.29) is 30.7 Å². The molecule has 2 rings (SSSR count). The first kappa shape index (κ1) is 16.0. The third-order valence-electron chi connectivity index (χ3n) is 3.51. The molecule has 1 heterocycles. The topological polar surface area (TPSA) is 78.5 Å². The maximum Gasteiger partial charge on any atom is 0.239 e. The second-order valence-corrected chi connectivity index (χ2v) is 5.22. The Balaban J connectivity index is 1.84. The van der Waals surface area contributed by atoms with Gasteiger partial charge in [-0.05, 0) is 31.0 Å². The number of nitrogens with zero attached hydrogens (tertiary/aromatic N) is 1. The summed E-state index contributed by atoms with van der Waals surface area (Å²) in [6.45, 7) is 3.12. The fourth-order valence-corrected chi connectivity index (χ4v) is 2.40. The predicted molar refractivity (Wildman–Crippen MR) is 83.4 cm³/mol. The molecular formula is C16H21N3O3. The van der Waals surface area contributed by atoms with Crippen molar-refractivity contribution in [2.45, 2.75) is 26.2 Å². The predicted octanol–water partition coefficient (Wildman–Crippen LogP) is 0.608. The molecule has 0 unspecified atom stereocenters. The summed E-state index contributed by atoms with van der Waals surface area (Å²) in [5.74, 6) is -0.248. The van der Waals surface area contributed by atoms with Crippen molar-refractivity contribution in [3.05, 3.63) is 29.8 Å². The summed E-state index contributed by atoms with van der Waals surface area (Å²) in [5, 5.41) is 5.19. The molecule has 6 heteroatoms. The highest BCUT2D eigenvalue weighted by Gasteiger charge is 2.21. The van der Waals surface area contributed by atoms with Gasteiger partial charge in [-0.1, -0.05) is 12.1 Å². The summed E-state index contributed by atoms with van der Waals surface area (Å²) in [7, 11) is 0. The minimum absolute atomic E-state index is 0.00691. The van der Waals surface area contributed by atoms with Gasteiger partial charge in [0.1, 0.15) is 0 Å². The van der Waals surface area contributed by atoms with Crippen molar-refractivity contribution in [3.63, 3.8) is 0 Å². The molecule has 0 spiro atoms. The molecule has 6 nitrogen and oxygen atoms in total. The maximum absolute atomic E-state index is 11.8. The summed E-state index contributed by atoms with van der Waals surface area (Å²) in [4.78, 5) is 36.4.